The van der Waals surface area contributed by atoms with E-state index in [1.165, 1.54) is 76.7 Å². The van der Waals surface area contributed by atoms with Crippen LogP contribution in [0.1, 0.15) is 122 Å². The van der Waals surface area contributed by atoms with E-state index in [0.717, 1.165) is 18.9 Å². The molecule has 0 rings (SSSR count). The predicted octanol–water partition coefficient (Wildman–Crippen LogP) is 5.11. The Morgan fingerprint density at radius 2 is 1.03 bits per heavy atom. The molecule has 0 bridgehead atoms. The lowest BCUT2D eigenvalue weighted by molar-refractivity contribution is -0.131. The van der Waals surface area contributed by atoms with Crippen LogP contribution in [0.25, 0.3) is 0 Å². The van der Waals surface area contributed by atoms with Gasteiger partial charge in [0.2, 0.25) is 0 Å². The van der Waals surface area contributed by atoms with Gasteiger partial charge in [0.1, 0.15) is 0 Å². The lowest BCUT2D eigenvalue weighted by atomic mass is 9.98. The summed E-state index contributed by atoms with van der Waals surface area (Å²) in [4.78, 5) is 10.4. The number of carboxylic acid groups (broad SMARTS) is 1. The van der Waals surface area contributed by atoms with Gasteiger partial charge in [-0.1, -0.05) is 96.5 Å². The van der Waals surface area contributed by atoms with Crippen LogP contribution in [0.5, 0.6) is 0 Å². The molecule has 5 N–H and O–H groups in total. The first kappa shape index (κ1) is 31.0. The Labute approximate surface area is 195 Å². The fraction of sp³-hybridized carbons (Fsp3) is 0.885. The van der Waals surface area contributed by atoms with Crippen molar-refractivity contribution in [2.24, 2.45) is 0 Å². The van der Waals surface area contributed by atoms with Crippen LogP contribution < -0.4 is 0 Å². The first-order chi connectivity index (χ1) is 15.3. The minimum Gasteiger partial charge on any atom is -0.478 e. The molecule has 0 aromatic heterocycles. The molecule has 0 saturated carbocycles. The summed E-state index contributed by atoms with van der Waals surface area (Å²) in [6.45, 7) is 2.25. The van der Waals surface area contributed by atoms with E-state index in [1.54, 1.807) is 0 Å². The lowest BCUT2D eigenvalue weighted by Crippen LogP contribution is -2.25. The molecule has 4 atom stereocenters. The van der Waals surface area contributed by atoms with E-state index in [-0.39, 0.29) is 25.7 Å². The molecular weight excluding hydrogens is 408 g/mol. The maximum absolute atomic E-state index is 10.4. The van der Waals surface area contributed by atoms with Crippen LogP contribution in [0.3, 0.4) is 0 Å². The SMILES string of the molecule is CCCCCCCCCCCCCCC[C@H](O)C[C@H](O)C[C@H](O)C[C@@H](O)CC=CC(=O)O. The molecule has 0 aromatic carbocycles. The topological polar surface area (TPSA) is 118 Å². The Kier molecular flexibility index (Phi) is 21.2. The molecule has 0 heterocycles. The second kappa shape index (κ2) is 21.9. The zero-order valence-corrected chi connectivity index (χ0v) is 20.3. The van der Waals surface area contributed by atoms with Gasteiger partial charge >= 0.3 is 5.97 Å². The van der Waals surface area contributed by atoms with Gasteiger partial charge in [0, 0.05) is 6.08 Å². The molecule has 0 aliphatic carbocycles. The lowest BCUT2D eigenvalue weighted by Gasteiger charge is -2.20. The van der Waals surface area contributed by atoms with Gasteiger partial charge in [-0.15, -0.1) is 0 Å². The smallest absolute Gasteiger partial charge is 0.327 e. The molecule has 0 aliphatic heterocycles. The minimum absolute atomic E-state index is 0.0654. The number of aliphatic hydroxyl groups is 4. The molecule has 0 saturated heterocycles. The number of hydrogen-bond acceptors (Lipinski definition) is 5. The van der Waals surface area contributed by atoms with Crippen LogP contribution in [-0.4, -0.2) is 55.9 Å². The van der Waals surface area contributed by atoms with Gasteiger partial charge in [0.15, 0.2) is 0 Å². The highest BCUT2D eigenvalue weighted by Gasteiger charge is 2.18. The van der Waals surface area contributed by atoms with Crippen molar-refractivity contribution < 1.29 is 30.3 Å². The molecule has 190 valence electrons. The molecule has 0 radical (unpaired) electrons. The third-order valence-electron chi connectivity index (χ3n) is 5.94. The van der Waals surface area contributed by atoms with Crippen LogP contribution in [0.15, 0.2) is 12.2 Å². The number of aliphatic carboxylic acids is 1. The summed E-state index contributed by atoms with van der Waals surface area (Å²) in [6, 6.07) is 0. The first-order valence-electron chi connectivity index (χ1n) is 13.0. The number of rotatable bonds is 23. The first-order valence-corrected chi connectivity index (χ1v) is 13.0. The summed E-state index contributed by atoms with van der Waals surface area (Å²) in [7, 11) is 0. The summed E-state index contributed by atoms with van der Waals surface area (Å²) in [5.74, 6) is -1.08. The van der Waals surface area contributed by atoms with Crippen molar-refractivity contribution in [3.05, 3.63) is 12.2 Å². The highest BCUT2D eigenvalue weighted by molar-refractivity contribution is 5.79. The van der Waals surface area contributed by atoms with Crippen LogP contribution in [0.4, 0.5) is 0 Å². The Hall–Kier alpha value is -0.950. The zero-order valence-electron chi connectivity index (χ0n) is 20.3. The van der Waals surface area contributed by atoms with E-state index in [4.69, 9.17) is 5.11 Å². The number of aliphatic hydroxyl groups excluding tert-OH is 4. The van der Waals surface area contributed by atoms with Crippen molar-refractivity contribution in [3.63, 3.8) is 0 Å². The van der Waals surface area contributed by atoms with Crippen LogP contribution in [0.2, 0.25) is 0 Å². The van der Waals surface area contributed by atoms with E-state index in [0.29, 0.717) is 6.42 Å². The third kappa shape index (κ3) is 22.3. The molecule has 6 heteroatoms. The fourth-order valence-corrected chi connectivity index (χ4v) is 4.07. The number of carbonyl (C=O) groups is 1. The largest absolute Gasteiger partial charge is 0.478 e. The van der Waals surface area contributed by atoms with Gasteiger partial charge in [-0.3, -0.25) is 0 Å². The highest BCUT2D eigenvalue weighted by Crippen LogP contribution is 2.16. The van der Waals surface area contributed by atoms with Gasteiger partial charge in [-0.25, -0.2) is 4.79 Å². The maximum atomic E-state index is 10.4. The van der Waals surface area contributed by atoms with Crippen molar-refractivity contribution in [1.82, 2.24) is 0 Å². The van der Waals surface area contributed by atoms with Crippen molar-refractivity contribution in [1.29, 1.82) is 0 Å². The molecule has 0 unspecified atom stereocenters. The van der Waals surface area contributed by atoms with Crippen LogP contribution in [0, 0.1) is 0 Å². The Morgan fingerprint density at radius 3 is 1.50 bits per heavy atom. The normalized spacial score (nSPS) is 15.7. The summed E-state index contributed by atoms with van der Waals surface area (Å²) in [5.41, 5.74) is 0. The average molecular weight is 459 g/mol. The van der Waals surface area contributed by atoms with Crippen molar-refractivity contribution in [2.45, 2.75) is 147 Å². The van der Waals surface area contributed by atoms with Crippen LogP contribution in [-0.2, 0) is 4.79 Å². The van der Waals surface area contributed by atoms with Gasteiger partial charge in [0.25, 0.3) is 0 Å². The second-order valence-corrected chi connectivity index (χ2v) is 9.33. The minimum atomic E-state index is -1.08. The molecule has 0 aliphatic rings. The Morgan fingerprint density at radius 1 is 0.625 bits per heavy atom. The van der Waals surface area contributed by atoms with Crippen molar-refractivity contribution >= 4 is 5.97 Å². The summed E-state index contributed by atoms with van der Waals surface area (Å²) in [6.07, 6.45) is 17.0. The molecule has 32 heavy (non-hydrogen) atoms. The molecule has 0 amide bonds. The summed E-state index contributed by atoms with van der Waals surface area (Å²) < 4.78 is 0. The van der Waals surface area contributed by atoms with E-state index >= 15 is 0 Å². The quantitative estimate of drug-likeness (QED) is 0.107. The van der Waals surface area contributed by atoms with Gasteiger partial charge in [-0.2, -0.15) is 0 Å². The van der Waals surface area contributed by atoms with E-state index < -0.39 is 30.4 Å². The van der Waals surface area contributed by atoms with Crippen molar-refractivity contribution in [3.8, 4) is 0 Å². The van der Waals surface area contributed by atoms with E-state index in [2.05, 4.69) is 6.92 Å². The zero-order chi connectivity index (χ0) is 24.0. The van der Waals surface area contributed by atoms with Gasteiger partial charge in [-0.05, 0) is 32.1 Å². The number of hydrogen-bond donors (Lipinski definition) is 5. The summed E-state index contributed by atoms with van der Waals surface area (Å²) in [5, 5.41) is 48.4. The number of carboxylic acids is 1. The molecule has 0 fully saturated rings. The highest BCUT2D eigenvalue weighted by atomic mass is 16.4. The van der Waals surface area contributed by atoms with Crippen molar-refractivity contribution in [2.75, 3.05) is 0 Å². The maximum Gasteiger partial charge on any atom is 0.327 e. The number of unbranched alkanes of at least 4 members (excludes halogenated alkanes) is 12. The molecule has 0 spiro atoms. The monoisotopic (exact) mass is 458 g/mol. The van der Waals surface area contributed by atoms with Gasteiger partial charge in [0.05, 0.1) is 24.4 Å². The Balaban J connectivity index is 3.58. The van der Waals surface area contributed by atoms with E-state index in [9.17, 15) is 25.2 Å². The predicted molar refractivity (Wildman–Crippen MR) is 130 cm³/mol. The summed E-state index contributed by atoms with van der Waals surface area (Å²) >= 11 is 0. The molecular formula is C26H50O6. The van der Waals surface area contributed by atoms with Crippen LogP contribution >= 0.6 is 0 Å². The average Bonchev–Trinajstić information content (AvgIpc) is 2.70. The molecule has 6 nitrogen and oxygen atoms in total. The molecule has 0 aromatic rings. The third-order valence-corrected chi connectivity index (χ3v) is 5.94. The fourth-order valence-electron chi connectivity index (χ4n) is 4.07. The standard InChI is InChI=1S/C26H50O6/c1-2-3-4-5-6-7-8-9-10-11-12-13-14-16-22(27)19-24(29)21-25(30)20-23(28)17-15-18-26(31)32/h15,18,22-25,27-30H,2-14,16-17,19-21H2,1H3,(H,31,32)/t22-,23-,24-,25+/m0/s1. The van der Waals surface area contributed by atoms with E-state index in [1.807, 2.05) is 0 Å². The van der Waals surface area contributed by atoms with Gasteiger partial charge < -0.3 is 25.5 Å². The Bertz CT molecular complexity index is 454. The second-order valence-electron chi connectivity index (χ2n) is 9.33.